The Balaban J connectivity index is 3.93. The molecule has 0 aromatic heterocycles. The molecule has 5 nitrogen and oxygen atoms in total. The molecule has 0 saturated heterocycles. The van der Waals surface area contributed by atoms with E-state index in [1.807, 2.05) is 5.32 Å². The van der Waals surface area contributed by atoms with Crippen LogP contribution >= 0.6 is 0 Å². The van der Waals surface area contributed by atoms with Crippen LogP contribution < -0.4 is 5.32 Å². The van der Waals surface area contributed by atoms with Crippen LogP contribution in [0.1, 0.15) is 13.3 Å². The van der Waals surface area contributed by atoms with Crippen LogP contribution in [0, 0.1) is 0 Å². The van der Waals surface area contributed by atoms with Crippen LogP contribution in [0.4, 0.5) is 13.6 Å². The summed E-state index contributed by atoms with van der Waals surface area (Å²) in [7, 11) is 0. The van der Waals surface area contributed by atoms with E-state index in [0.717, 1.165) is 4.90 Å². The summed E-state index contributed by atoms with van der Waals surface area (Å²) >= 11 is 0. The third-order valence-corrected chi connectivity index (χ3v) is 1.67. The lowest BCUT2D eigenvalue weighted by Gasteiger charge is -2.20. The van der Waals surface area contributed by atoms with E-state index in [1.54, 1.807) is 6.92 Å². The van der Waals surface area contributed by atoms with Gasteiger partial charge in [-0.05, 0) is 6.92 Å². The minimum atomic E-state index is -2.60. The van der Waals surface area contributed by atoms with Gasteiger partial charge in [-0.25, -0.2) is 13.6 Å². The summed E-state index contributed by atoms with van der Waals surface area (Å²) in [5.41, 5.74) is 0. The molecule has 88 valence electrons. The quantitative estimate of drug-likeness (QED) is 0.699. The van der Waals surface area contributed by atoms with Gasteiger partial charge in [0.1, 0.15) is 0 Å². The van der Waals surface area contributed by atoms with Crippen LogP contribution in [0.3, 0.4) is 0 Å². The number of amides is 2. The molecule has 0 fully saturated rings. The summed E-state index contributed by atoms with van der Waals surface area (Å²) < 4.78 is 23.5. The van der Waals surface area contributed by atoms with Crippen molar-refractivity contribution in [1.29, 1.82) is 0 Å². The Kier molecular flexibility index (Phi) is 6.32. The molecule has 0 aromatic carbocycles. The Labute approximate surface area is 86.1 Å². The van der Waals surface area contributed by atoms with Crippen LogP contribution in [0.25, 0.3) is 0 Å². The van der Waals surface area contributed by atoms with E-state index in [0.29, 0.717) is 0 Å². The number of rotatable bonds is 6. The SMILES string of the molecule is CCN(CCC(=O)O)C(=O)NCC(F)F. The molecule has 0 aliphatic heterocycles. The predicted molar refractivity (Wildman–Crippen MR) is 48.9 cm³/mol. The lowest BCUT2D eigenvalue weighted by molar-refractivity contribution is -0.137. The molecule has 0 unspecified atom stereocenters. The number of nitrogens with one attached hydrogen (secondary N) is 1. The number of carbonyl (C=O) groups is 2. The van der Waals surface area contributed by atoms with Gasteiger partial charge in [-0.3, -0.25) is 4.79 Å². The normalized spacial score (nSPS) is 10.1. The Morgan fingerprint density at radius 2 is 2.07 bits per heavy atom. The topological polar surface area (TPSA) is 69.6 Å². The van der Waals surface area contributed by atoms with Crippen LogP contribution in [0.2, 0.25) is 0 Å². The van der Waals surface area contributed by atoms with Crippen molar-refractivity contribution in [2.45, 2.75) is 19.8 Å². The number of nitrogens with zero attached hydrogens (tertiary/aromatic N) is 1. The van der Waals surface area contributed by atoms with Gasteiger partial charge in [-0.15, -0.1) is 0 Å². The summed E-state index contributed by atoms with van der Waals surface area (Å²) in [5, 5.41) is 10.4. The first-order valence-corrected chi connectivity index (χ1v) is 4.50. The number of carboxylic acids is 1. The Bertz CT molecular complexity index is 224. The van der Waals surface area contributed by atoms with Crippen molar-refractivity contribution in [1.82, 2.24) is 10.2 Å². The zero-order valence-corrected chi connectivity index (χ0v) is 8.37. The van der Waals surface area contributed by atoms with Crippen LogP contribution in [0.15, 0.2) is 0 Å². The molecule has 0 aliphatic carbocycles. The van der Waals surface area contributed by atoms with Crippen molar-refractivity contribution < 1.29 is 23.5 Å². The molecule has 0 bridgehead atoms. The second kappa shape index (κ2) is 6.97. The fourth-order valence-electron chi connectivity index (χ4n) is 0.910. The molecule has 0 rings (SSSR count). The molecule has 0 aromatic rings. The second-order valence-electron chi connectivity index (χ2n) is 2.80. The number of carbonyl (C=O) groups excluding carboxylic acids is 1. The minimum absolute atomic E-state index is 0.0148. The number of hydrogen-bond donors (Lipinski definition) is 2. The van der Waals surface area contributed by atoms with Gasteiger partial charge < -0.3 is 15.3 Å². The summed E-state index contributed by atoms with van der Waals surface area (Å²) in [6.07, 6.45) is -2.80. The summed E-state index contributed by atoms with van der Waals surface area (Å²) in [6.45, 7) is 1.22. The molecule has 0 spiro atoms. The molecule has 0 heterocycles. The molecule has 15 heavy (non-hydrogen) atoms. The first-order chi connectivity index (χ1) is 6.97. The van der Waals surface area contributed by atoms with E-state index in [-0.39, 0.29) is 19.5 Å². The monoisotopic (exact) mass is 224 g/mol. The maximum absolute atomic E-state index is 11.7. The van der Waals surface area contributed by atoms with Crippen molar-refractivity contribution in [3.05, 3.63) is 0 Å². The maximum Gasteiger partial charge on any atom is 0.317 e. The molecule has 0 atom stereocenters. The maximum atomic E-state index is 11.7. The molecule has 0 aliphatic rings. The Hall–Kier alpha value is -1.40. The second-order valence-corrected chi connectivity index (χ2v) is 2.80. The van der Waals surface area contributed by atoms with Crippen LogP contribution in [0.5, 0.6) is 0 Å². The van der Waals surface area contributed by atoms with E-state index in [1.165, 1.54) is 0 Å². The first kappa shape index (κ1) is 13.6. The fourth-order valence-corrected chi connectivity index (χ4v) is 0.910. The lowest BCUT2D eigenvalue weighted by Crippen LogP contribution is -2.42. The number of aliphatic carboxylic acids is 1. The highest BCUT2D eigenvalue weighted by atomic mass is 19.3. The molecule has 2 amide bonds. The number of carboxylic acid groups (broad SMARTS) is 1. The molecule has 2 N–H and O–H groups in total. The van der Waals surface area contributed by atoms with Crippen LogP contribution in [-0.4, -0.2) is 48.1 Å². The molecular weight excluding hydrogens is 210 g/mol. The van der Waals surface area contributed by atoms with Gasteiger partial charge in [0, 0.05) is 13.1 Å². The van der Waals surface area contributed by atoms with Gasteiger partial charge in [0.25, 0.3) is 6.43 Å². The van der Waals surface area contributed by atoms with Crippen LogP contribution in [-0.2, 0) is 4.79 Å². The highest BCUT2D eigenvalue weighted by molar-refractivity contribution is 5.75. The summed E-state index contributed by atoms with van der Waals surface area (Å²) in [4.78, 5) is 22.6. The van der Waals surface area contributed by atoms with Gasteiger partial charge in [0.2, 0.25) is 0 Å². The number of hydrogen-bond acceptors (Lipinski definition) is 2. The third-order valence-electron chi connectivity index (χ3n) is 1.67. The Morgan fingerprint density at radius 1 is 1.47 bits per heavy atom. The Morgan fingerprint density at radius 3 is 2.47 bits per heavy atom. The third kappa shape index (κ3) is 6.64. The average molecular weight is 224 g/mol. The van der Waals surface area contributed by atoms with E-state index in [2.05, 4.69) is 0 Å². The van der Waals surface area contributed by atoms with Crippen molar-refractivity contribution in [2.24, 2.45) is 0 Å². The van der Waals surface area contributed by atoms with E-state index in [4.69, 9.17) is 5.11 Å². The van der Waals surface area contributed by atoms with Crippen molar-refractivity contribution in [3.8, 4) is 0 Å². The molecule has 0 saturated carbocycles. The molecule has 7 heteroatoms. The zero-order chi connectivity index (χ0) is 11.8. The minimum Gasteiger partial charge on any atom is -0.481 e. The van der Waals surface area contributed by atoms with E-state index in [9.17, 15) is 18.4 Å². The predicted octanol–water partition coefficient (Wildman–Crippen LogP) is 0.758. The highest BCUT2D eigenvalue weighted by Gasteiger charge is 2.13. The highest BCUT2D eigenvalue weighted by Crippen LogP contribution is 1.94. The average Bonchev–Trinajstić information content (AvgIpc) is 2.15. The molecular formula is C8H14F2N2O3. The molecule has 0 radical (unpaired) electrons. The smallest absolute Gasteiger partial charge is 0.317 e. The van der Waals surface area contributed by atoms with Gasteiger partial charge in [0.15, 0.2) is 0 Å². The van der Waals surface area contributed by atoms with Crippen molar-refractivity contribution in [2.75, 3.05) is 19.6 Å². The first-order valence-electron chi connectivity index (χ1n) is 4.50. The van der Waals surface area contributed by atoms with Gasteiger partial charge in [0.05, 0.1) is 13.0 Å². The van der Waals surface area contributed by atoms with E-state index >= 15 is 0 Å². The van der Waals surface area contributed by atoms with E-state index < -0.39 is 25.0 Å². The van der Waals surface area contributed by atoms with Crippen molar-refractivity contribution in [3.63, 3.8) is 0 Å². The number of urea groups is 1. The van der Waals surface area contributed by atoms with Crippen molar-refractivity contribution >= 4 is 12.0 Å². The largest absolute Gasteiger partial charge is 0.481 e. The van der Waals surface area contributed by atoms with Gasteiger partial charge in [-0.2, -0.15) is 0 Å². The number of alkyl halides is 2. The lowest BCUT2D eigenvalue weighted by atomic mass is 10.4. The van der Waals surface area contributed by atoms with Gasteiger partial charge >= 0.3 is 12.0 Å². The summed E-state index contributed by atoms with van der Waals surface area (Å²) in [6, 6.07) is -0.668. The van der Waals surface area contributed by atoms with Gasteiger partial charge in [-0.1, -0.05) is 0 Å². The fraction of sp³-hybridized carbons (Fsp3) is 0.750. The zero-order valence-electron chi connectivity index (χ0n) is 8.37. The summed E-state index contributed by atoms with van der Waals surface area (Å²) in [5.74, 6) is -1.03. The standard InChI is InChI=1S/C8H14F2N2O3/c1-2-12(4-3-7(13)14)8(15)11-5-6(9)10/h6H,2-5H2,1H3,(H,11,15)(H,13,14). The number of halogens is 2.